The first-order valence-electron chi connectivity index (χ1n) is 9.15. The van der Waals surface area contributed by atoms with Crippen molar-refractivity contribution in [1.29, 1.82) is 0 Å². The Morgan fingerprint density at radius 3 is 2.45 bits per heavy atom. The van der Waals surface area contributed by atoms with Crippen LogP contribution in [-0.4, -0.2) is 43.6 Å². The van der Waals surface area contributed by atoms with Gasteiger partial charge in [-0.15, -0.1) is 0 Å². The van der Waals surface area contributed by atoms with Gasteiger partial charge in [-0.1, -0.05) is 0 Å². The van der Waals surface area contributed by atoms with Crippen LogP contribution in [0.3, 0.4) is 0 Å². The monoisotopic (exact) mass is 404 g/mol. The molecule has 0 aliphatic carbocycles. The van der Waals surface area contributed by atoms with Gasteiger partial charge < -0.3 is 29.3 Å². The number of carbonyl (C=O) groups is 3. The predicted octanol–water partition coefficient (Wildman–Crippen LogP) is 2.38. The van der Waals surface area contributed by atoms with Crippen molar-refractivity contribution in [2.24, 2.45) is 0 Å². The minimum atomic E-state index is -0.949. The zero-order valence-corrected chi connectivity index (χ0v) is 16.5. The third-order valence-corrected chi connectivity index (χ3v) is 3.62. The van der Waals surface area contributed by atoms with Crippen LogP contribution in [0.1, 0.15) is 31.3 Å². The van der Waals surface area contributed by atoms with Gasteiger partial charge in [0.05, 0.1) is 19.5 Å². The van der Waals surface area contributed by atoms with Crippen LogP contribution in [0.4, 0.5) is 5.69 Å². The summed E-state index contributed by atoms with van der Waals surface area (Å²) in [5.41, 5.74) is 0.470. The zero-order valence-electron chi connectivity index (χ0n) is 16.5. The van der Waals surface area contributed by atoms with Gasteiger partial charge in [0.25, 0.3) is 11.8 Å². The van der Waals surface area contributed by atoms with Gasteiger partial charge in [0.15, 0.2) is 23.9 Å². The lowest BCUT2D eigenvalue weighted by Gasteiger charge is -2.14. The molecular formula is C20H24N2O7. The smallest absolute Gasteiger partial charge is 0.328 e. The molecule has 2 rings (SSSR count). The van der Waals surface area contributed by atoms with E-state index in [0.717, 1.165) is 0 Å². The van der Waals surface area contributed by atoms with Crippen molar-refractivity contribution < 1.29 is 33.0 Å². The van der Waals surface area contributed by atoms with Gasteiger partial charge in [-0.2, -0.15) is 0 Å². The maximum atomic E-state index is 12.1. The molecule has 2 amide bonds. The van der Waals surface area contributed by atoms with Crippen molar-refractivity contribution in [1.82, 2.24) is 5.32 Å². The lowest BCUT2D eigenvalue weighted by Crippen LogP contribution is -2.40. The second-order valence-corrected chi connectivity index (χ2v) is 5.86. The van der Waals surface area contributed by atoms with E-state index in [1.807, 2.05) is 13.8 Å². The Labute approximate surface area is 168 Å². The molecule has 1 heterocycles. The first kappa shape index (κ1) is 21.8. The number of rotatable bonds is 10. The van der Waals surface area contributed by atoms with Crippen LogP contribution in [0.25, 0.3) is 0 Å². The van der Waals surface area contributed by atoms with Crippen LogP contribution in [0.2, 0.25) is 0 Å². The predicted molar refractivity (Wildman–Crippen MR) is 104 cm³/mol. The Kier molecular flexibility index (Phi) is 8.08. The fraction of sp³-hybridized carbons (Fsp3) is 0.350. The van der Waals surface area contributed by atoms with Crippen LogP contribution in [0.5, 0.6) is 11.5 Å². The topological polar surface area (TPSA) is 116 Å². The molecule has 9 nitrogen and oxygen atoms in total. The molecule has 1 atom stereocenters. The molecule has 0 aliphatic heterocycles. The van der Waals surface area contributed by atoms with Crippen molar-refractivity contribution in [2.75, 3.05) is 25.1 Å². The lowest BCUT2D eigenvalue weighted by atomic mass is 10.2. The number of esters is 1. The SMILES string of the molecule is CCOc1ccc(NC(=O)COC(=O)[C@H](C)NC(=O)c2ccco2)cc1OCC. The van der Waals surface area contributed by atoms with Crippen LogP contribution in [-0.2, 0) is 14.3 Å². The number of amides is 2. The number of benzene rings is 1. The number of furan rings is 1. The minimum Gasteiger partial charge on any atom is -0.490 e. The molecule has 0 saturated carbocycles. The molecule has 1 aromatic heterocycles. The molecule has 0 radical (unpaired) electrons. The van der Waals surface area contributed by atoms with Gasteiger partial charge in [-0.25, -0.2) is 4.79 Å². The third kappa shape index (κ3) is 6.56. The lowest BCUT2D eigenvalue weighted by molar-refractivity contribution is -0.148. The van der Waals surface area contributed by atoms with Gasteiger partial charge in [-0.3, -0.25) is 9.59 Å². The van der Waals surface area contributed by atoms with E-state index in [0.29, 0.717) is 30.4 Å². The molecule has 2 N–H and O–H groups in total. The first-order chi connectivity index (χ1) is 13.9. The van der Waals surface area contributed by atoms with E-state index >= 15 is 0 Å². The summed E-state index contributed by atoms with van der Waals surface area (Å²) >= 11 is 0. The summed E-state index contributed by atoms with van der Waals surface area (Å²) in [7, 11) is 0. The summed E-state index contributed by atoms with van der Waals surface area (Å²) in [5, 5.41) is 5.04. The third-order valence-electron chi connectivity index (χ3n) is 3.62. The molecule has 2 aromatic rings. The molecule has 0 spiro atoms. The van der Waals surface area contributed by atoms with Crippen LogP contribution >= 0.6 is 0 Å². The largest absolute Gasteiger partial charge is 0.490 e. The van der Waals surface area contributed by atoms with Gasteiger partial charge in [-0.05, 0) is 45.0 Å². The number of hydrogen-bond donors (Lipinski definition) is 2. The highest BCUT2D eigenvalue weighted by atomic mass is 16.5. The molecule has 156 valence electrons. The van der Waals surface area contributed by atoms with Gasteiger partial charge in [0.2, 0.25) is 0 Å². The summed E-state index contributed by atoms with van der Waals surface area (Å²) in [6, 6.07) is 7.03. The number of hydrogen-bond acceptors (Lipinski definition) is 7. The van der Waals surface area contributed by atoms with E-state index in [2.05, 4.69) is 10.6 Å². The van der Waals surface area contributed by atoms with Crippen molar-refractivity contribution in [3.63, 3.8) is 0 Å². The summed E-state index contributed by atoms with van der Waals surface area (Å²) in [5.74, 6) is -0.695. The van der Waals surface area contributed by atoms with E-state index in [4.69, 9.17) is 18.6 Å². The van der Waals surface area contributed by atoms with Gasteiger partial charge >= 0.3 is 5.97 Å². The Morgan fingerprint density at radius 2 is 1.79 bits per heavy atom. The molecular weight excluding hydrogens is 380 g/mol. The second kappa shape index (κ2) is 10.7. The molecule has 0 fully saturated rings. The highest BCUT2D eigenvalue weighted by molar-refractivity contribution is 5.96. The molecule has 0 unspecified atom stereocenters. The fourth-order valence-electron chi connectivity index (χ4n) is 2.32. The number of nitrogens with one attached hydrogen (secondary N) is 2. The molecule has 0 bridgehead atoms. The molecule has 29 heavy (non-hydrogen) atoms. The molecule has 0 saturated heterocycles. The maximum Gasteiger partial charge on any atom is 0.328 e. The number of carbonyl (C=O) groups excluding carboxylic acids is 3. The molecule has 9 heteroatoms. The van der Waals surface area contributed by atoms with E-state index in [1.165, 1.54) is 19.3 Å². The van der Waals surface area contributed by atoms with Gasteiger partial charge in [0.1, 0.15) is 6.04 Å². The van der Waals surface area contributed by atoms with Crippen molar-refractivity contribution >= 4 is 23.5 Å². The Balaban J connectivity index is 1.84. The highest BCUT2D eigenvalue weighted by Gasteiger charge is 2.20. The summed E-state index contributed by atoms with van der Waals surface area (Å²) in [6.45, 7) is 5.57. The molecule has 0 aliphatic rings. The first-order valence-corrected chi connectivity index (χ1v) is 9.15. The summed E-state index contributed by atoms with van der Waals surface area (Å²) < 4.78 is 20.9. The summed E-state index contributed by atoms with van der Waals surface area (Å²) in [6.07, 6.45) is 1.35. The van der Waals surface area contributed by atoms with Crippen LogP contribution < -0.4 is 20.1 Å². The standard InChI is InChI=1S/C20H24N2O7/c1-4-26-15-9-8-14(11-17(15)27-5-2)22-18(23)12-29-20(25)13(3)21-19(24)16-7-6-10-28-16/h6-11,13H,4-5,12H2,1-3H3,(H,21,24)(H,22,23)/t13-/m0/s1. The zero-order chi connectivity index (χ0) is 21.2. The van der Waals surface area contributed by atoms with E-state index in [1.54, 1.807) is 24.3 Å². The maximum absolute atomic E-state index is 12.1. The van der Waals surface area contributed by atoms with E-state index in [9.17, 15) is 14.4 Å². The van der Waals surface area contributed by atoms with Crippen molar-refractivity contribution in [2.45, 2.75) is 26.8 Å². The Hall–Kier alpha value is -3.49. The van der Waals surface area contributed by atoms with E-state index in [-0.39, 0.29) is 5.76 Å². The number of ether oxygens (including phenoxy) is 3. The fourth-order valence-corrected chi connectivity index (χ4v) is 2.32. The minimum absolute atomic E-state index is 0.0722. The average molecular weight is 404 g/mol. The van der Waals surface area contributed by atoms with Gasteiger partial charge in [0, 0.05) is 11.8 Å². The second-order valence-electron chi connectivity index (χ2n) is 5.86. The molecule has 1 aromatic carbocycles. The van der Waals surface area contributed by atoms with Crippen molar-refractivity contribution in [3.05, 3.63) is 42.4 Å². The van der Waals surface area contributed by atoms with Crippen LogP contribution in [0.15, 0.2) is 41.0 Å². The van der Waals surface area contributed by atoms with Crippen molar-refractivity contribution in [3.8, 4) is 11.5 Å². The average Bonchev–Trinajstić information content (AvgIpc) is 3.23. The Morgan fingerprint density at radius 1 is 1.07 bits per heavy atom. The van der Waals surface area contributed by atoms with Crippen LogP contribution in [0, 0.1) is 0 Å². The normalized spacial score (nSPS) is 11.3. The summed E-state index contributed by atoms with van der Waals surface area (Å²) in [4.78, 5) is 35.9. The number of anilines is 1. The quantitative estimate of drug-likeness (QED) is 0.584. The van der Waals surface area contributed by atoms with E-state index < -0.39 is 30.4 Å². The Bertz CT molecular complexity index is 833. The highest BCUT2D eigenvalue weighted by Crippen LogP contribution is 2.30.